The summed E-state index contributed by atoms with van der Waals surface area (Å²) in [5.74, 6) is -0.0909. The number of carboxylic acid groups (broad SMARTS) is 1. The molecule has 27 heavy (non-hydrogen) atoms. The van der Waals surface area contributed by atoms with E-state index in [1.165, 1.54) is 23.6 Å². The molecule has 0 spiro atoms. The second kappa shape index (κ2) is 7.50. The molecule has 140 valence electrons. The van der Waals surface area contributed by atoms with Crippen LogP contribution >= 0.6 is 11.3 Å². The maximum atomic E-state index is 11.0. The number of hydrogen-bond donors (Lipinski definition) is 3. The molecular formula is C19H19N3O4S. The minimum atomic E-state index is -1.10. The van der Waals surface area contributed by atoms with Crippen LogP contribution in [0.1, 0.15) is 36.2 Å². The average molecular weight is 385 g/mol. The Bertz CT molecular complexity index is 974. The molecule has 0 radical (unpaired) electrons. The molecule has 0 amide bonds. The molecule has 1 aliphatic rings. The number of aliphatic hydroxyl groups excluding tert-OH is 1. The van der Waals surface area contributed by atoms with Crippen LogP contribution in [0.4, 0.5) is 5.13 Å². The van der Waals surface area contributed by atoms with Gasteiger partial charge in [-0.15, -0.1) is 0 Å². The van der Waals surface area contributed by atoms with Gasteiger partial charge in [0.25, 0.3) is 0 Å². The third-order valence-corrected chi connectivity index (χ3v) is 5.53. The van der Waals surface area contributed by atoms with E-state index in [1.807, 2.05) is 12.1 Å². The van der Waals surface area contributed by atoms with Crippen molar-refractivity contribution in [3.8, 4) is 11.5 Å². The molecule has 2 atom stereocenters. The lowest BCUT2D eigenvalue weighted by Crippen LogP contribution is -2.36. The Morgan fingerprint density at radius 1 is 1.19 bits per heavy atom. The van der Waals surface area contributed by atoms with Crippen LogP contribution in [0.5, 0.6) is 11.5 Å². The Kier molecular flexibility index (Phi) is 4.91. The molecule has 7 nitrogen and oxygen atoms in total. The van der Waals surface area contributed by atoms with Crippen molar-refractivity contribution in [3.05, 3.63) is 42.2 Å². The molecule has 0 unspecified atom stereocenters. The fraction of sp³-hybridized carbons (Fsp3) is 0.316. The van der Waals surface area contributed by atoms with Crippen LogP contribution in [0.15, 0.2) is 36.5 Å². The molecule has 3 N–H and O–H groups in total. The van der Waals surface area contributed by atoms with Gasteiger partial charge >= 0.3 is 5.97 Å². The molecule has 0 bridgehead atoms. The SMILES string of the molecule is O=C(O)c1cc(Oc2ccc3nc(N[C@H]4CCCC[C@@H]4O)sc3c2)ccn1. The molecule has 1 aromatic carbocycles. The summed E-state index contributed by atoms with van der Waals surface area (Å²) in [6, 6.07) is 8.57. The molecular weight excluding hydrogens is 366 g/mol. The highest BCUT2D eigenvalue weighted by Crippen LogP contribution is 2.32. The first kappa shape index (κ1) is 17.7. The summed E-state index contributed by atoms with van der Waals surface area (Å²) in [7, 11) is 0. The van der Waals surface area contributed by atoms with Gasteiger partial charge in [0.15, 0.2) is 10.8 Å². The Labute approximate surface area is 159 Å². The Hall–Kier alpha value is -2.71. The lowest BCUT2D eigenvalue weighted by Gasteiger charge is -2.27. The van der Waals surface area contributed by atoms with E-state index in [2.05, 4.69) is 15.3 Å². The average Bonchev–Trinajstić information content (AvgIpc) is 3.05. The highest BCUT2D eigenvalue weighted by atomic mass is 32.1. The van der Waals surface area contributed by atoms with Crippen molar-refractivity contribution >= 4 is 32.7 Å². The predicted molar refractivity (Wildman–Crippen MR) is 103 cm³/mol. The zero-order valence-corrected chi connectivity index (χ0v) is 15.3. The van der Waals surface area contributed by atoms with E-state index < -0.39 is 5.97 Å². The minimum Gasteiger partial charge on any atom is -0.477 e. The third-order valence-electron chi connectivity index (χ3n) is 4.58. The van der Waals surface area contributed by atoms with Crippen LogP contribution in [0.3, 0.4) is 0 Å². The summed E-state index contributed by atoms with van der Waals surface area (Å²) in [4.78, 5) is 19.4. The molecule has 3 aromatic rings. The van der Waals surface area contributed by atoms with Gasteiger partial charge in [-0.3, -0.25) is 0 Å². The third kappa shape index (κ3) is 4.01. The zero-order chi connectivity index (χ0) is 18.8. The van der Waals surface area contributed by atoms with Gasteiger partial charge in [-0.25, -0.2) is 14.8 Å². The van der Waals surface area contributed by atoms with E-state index in [1.54, 1.807) is 12.1 Å². The van der Waals surface area contributed by atoms with E-state index >= 15 is 0 Å². The number of ether oxygens (including phenoxy) is 1. The lowest BCUT2D eigenvalue weighted by molar-refractivity contribution is 0.0690. The molecule has 0 saturated heterocycles. The van der Waals surface area contributed by atoms with Gasteiger partial charge in [0.2, 0.25) is 0 Å². The van der Waals surface area contributed by atoms with Crippen molar-refractivity contribution in [1.29, 1.82) is 0 Å². The van der Waals surface area contributed by atoms with Crippen LogP contribution < -0.4 is 10.1 Å². The summed E-state index contributed by atoms with van der Waals surface area (Å²) in [6.07, 6.45) is 5.02. The number of nitrogens with one attached hydrogen (secondary N) is 1. The van der Waals surface area contributed by atoms with Crippen LogP contribution in [-0.2, 0) is 0 Å². The van der Waals surface area contributed by atoms with E-state index in [0.717, 1.165) is 41.0 Å². The topological polar surface area (TPSA) is 105 Å². The Morgan fingerprint density at radius 2 is 2.00 bits per heavy atom. The molecule has 1 aliphatic carbocycles. The van der Waals surface area contributed by atoms with Crippen LogP contribution in [0.25, 0.3) is 10.2 Å². The molecule has 2 heterocycles. The van der Waals surface area contributed by atoms with Gasteiger partial charge in [-0.05, 0) is 31.0 Å². The lowest BCUT2D eigenvalue weighted by atomic mass is 9.93. The van der Waals surface area contributed by atoms with Crippen molar-refractivity contribution in [1.82, 2.24) is 9.97 Å². The summed E-state index contributed by atoms with van der Waals surface area (Å²) < 4.78 is 6.72. The fourth-order valence-electron chi connectivity index (χ4n) is 3.20. The van der Waals surface area contributed by atoms with Crippen LogP contribution in [0, 0.1) is 0 Å². The predicted octanol–water partition coefficient (Wildman–Crippen LogP) is 3.90. The van der Waals surface area contributed by atoms with Crippen molar-refractivity contribution in [2.24, 2.45) is 0 Å². The number of aromatic carboxylic acids is 1. The first-order valence-corrected chi connectivity index (χ1v) is 9.62. The maximum absolute atomic E-state index is 11.0. The largest absolute Gasteiger partial charge is 0.477 e. The Balaban J connectivity index is 1.52. The number of carboxylic acids is 1. The first-order valence-electron chi connectivity index (χ1n) is 8.81. The van der Waals surface area contributed by atoms with Gasteiger partial charge in [0, 0.05) is 18.3 Å². The molecule has 8 heteroatoms. The number of fused-ring (bicyclic) bond motifs is 1. The fourth-order valence-corrected chi connectivity index (χ4v) is 4.15. The number of thiazole rings is 1. The molecule has 4 rings (SSSR count). The normalized spacial score (nSPS) is 19.7. The highest BCUT2D eigenvalue weighted by Gasteiger charge is 2.23. The van der Waals surface area contributed by atoms with E-state index in [0.29, 0.717) is 11.5 Å². The number of pyridine rings is 1. The first-order chi connectivity index (χ1) is 13.1. The molecule has 1 fully saturated rings. The highest BCUT2D eigenvalue weighted by molar-refractivity contribution is 7.22. The smallest absolute Gasteiger partial charge is 0.354 e. The van der Waals surface area contributed by atoms with Crippen LogP contribution in [-0.4, -0.2) is 38.3 Å². The monoisotopic (exact) mass is 385 g/mol. The molecule has 1 saturated carbocycles. The van der Waals surface area contributed by atoms with Gasteiger partial charge < -0.3 is 20.3 Å². The van der Waals surface area contributed by atoms with E-state index in [4.69, 9.17) is 9.84 Å². The van der Waals surface area contributed by atoms with Gasteiger partial charge in [-0.1, -0.05) is 24.2 Å². The van der Waals surface area contributed by atoms with E-state index in [9.17, 15) is 9.90 Å². The number of aliphatic hydroxyl groups is 1. The summed E-state index contributed by atoms with van der Waals surface area (Å²) in [5.41, 5.74) is 0.782. The van der Waals surface area contributed by atoms with Gasteiger partial charge in [-0.2, -0.15) is 0 Å². The number of benzene rings is 1. The quantitative estimate of drug-likeness (QED) is 0.612. The maximum Gasteiger partial charge on any atom is 0.354 e. The number of aromatic nitrogens is 2. The number of carbonyl (C=O) groups is 1. The molecule has 0 aliphatic heterocycles. The number of hydrogen-bond acceptors (Lipinski definition) is 7. The van der Waals surface area contributed by atoms with Crippen molar-refractivity contribution in [3.63, 3.8) is 0 Å². The van der Waals surface area contributed by atoms with Crippen molar-refractivity contribution < 1.29 is 19.7 Å². The second-order valence-corrected chi connectivity index (χ2v) is 7.57. The van der Waals surface area contributed by atoms with Crippen molar-refractivity contribution in [2.45, 2.75) is 37.8 Å². The van der Waals surface area contributed by atoms with E-state index in [-0.39, 0.29) is 17.8 Å². The molecule has 2 aromatic heterocycles. The van der Waals surface area contributed by atoms with Gasteiger partial charge in [0.1, 0.15) is 11.5 Å². The standard InChI is InChI=1S/C19H19N3O4S/c23-16-4-2-1-3-13(16)21-19-22-14-6-5-11(10-17(14)27-19)26-12-7-8-20-15(9-12)18(24)25/h5-10,13,16,23H,1-4H2,(H,21,22)(H,24,25)/t13-,16-/m0/s1. The number of rotatable bonds is 5. The van der Waals surface area contributed by atoms with Gasteiger partial charge in [0.05, 0.1) is 22.4 Å². The Morgan fingerprint density at radius 3 is 2.81 bits per heavy atom. The summed E-state index contributed by atoms with van der Waals surface area (Å²) >= 11 is 1.51. The van der Waals surface area contributed by atoms with Crippen LogP contribution in [0.2, 0.25) is 0 Å². The van der Waals surface area contributed by atoms with Crippen molar-refractivity contribution in [2.75, 3.05) is 5.32 Å². The summed E-state index contributed by atoms with van der Waals surface area (Å²) in [5, 5.41) is 23.3. The summed E-state index contributed by atoms with van der Waals surface area (Å²) in [6.45, 7) is 0. The minimum absolute atomic E-state index is 0.0429. The number of nitrogens with zero attached hydrogens (tertiary/aromatic N) is 2. The second-order valence-electron chi connectivity index (χ2n) is 6.54. The number of anilines is 1. The zero-order valence-electron chi connectivity index (χ0n) is 14.5.